The Morgan fingerprint density at radius 3 is 3.00 bits per heavy atom. The number of hydrogen-bond donors (Lipinski definition) is 1. The lowest BCUT2D eigenvalue weighted by Gasteiger charge is -1.99. The number of rotatable bonds is 1. The molecule has 0 spiro atoms. The topological polar surface area (TPSA) is 43.3 Å². The Bertz CT molecular complexity index is 518. The first-order valence-corrected chi connectivity index (χ1v) is 4.45. The zero-order valence-corrected chi connectivity index (χ0v) is 8.31. The van der Waals surface area contributed by atoms with E-state index in [9.17, 15) is 4.39 Å². The molecule has 72 valence electrons. The fourth-order valence-electron chi connectivity index (χ4n) is 1.44. The third-order valence-corrected chi connectivity index (χ3v) is 2.20. The molecule has 0 bridgehead atoms. The van der Waals surface area contributed by atoms with Gasteiger partial charge in [0.1, 0.15) is 10.7 Å². The summed E-state index contributed by atoms with van der Waals surface area (Å²) in [5.74, 6) is -0.377. The number of nitrogens with two attached hydrogens (primary N) is 1. The maximum Gasteiger partial charge on any atom is 0.173 e. The van der Waals surface area contributed by atoms with Gasteiger partial charge in [-0.15, -0.1) is 0 Å². The molecule has 2 aromatic rings. The number of pyridine rings is 1. The largest absolute Gasteiger partial charge is 0.388 e. The average Bonchev–Trinajstić information content (AvgIpc) is 2.42. The Morgan fingerprint density at radius 2 is 2.36 bits per heavy atom. The molecule has 0 amide bonds. The second-order valence-electron chi connectivity index (χ2n) is 2.96. The lowest BCUT2D eigenvalue weighted by Crippen LogP contribution is -2.13. The first-order valence-electron chi connectivity index (χ1n) is 4.04. The van der Waals surface area contributed by atoms with Crippen molar-refractivity contribution in [2.24, 2.45) is 5.73 Å². The highest BCUT2D eigenvalue weighted by molar-refractivity contribution is 7.80. The summed E-state index contributed by atoms with van der Waals surface area (Å²) in [6.45, 7) is 1.75. The van der Waals surface area contributed by atoms with E-state index in [0.29, 0.717) is 11.4 Å². The van der Waals surface area contributed by atoms with E-state index in [2.05, 4.69) is 4.98 Å². The van der Waals surface area contributed by atoms with Crippen LogP contribution in [0.1, 0.15) is 11.4 Å². The van der Waals surface area contributed by atoms with Crippen LogP contribution in [0.3, 0.4) is 0 Å². The van der Waals surface area contributed by atoms with E-state index in [1.807, 2.05) is 0 Å². The van der Waals surface area contributed by atoms with E-state index in [0.717, 1.165) is 0 Å². The van der Waals surface area contributed by atoms with Crippen molar-refractivity contribution < 1.29 is 4.39 Å². The lowest BCUT2D eigenvalue weighted by molar-refractivity contribution is 0.630. The van der Waals surface area contributed by atoms with Gasteiger partial charge in [-0.3, -0.25) is 4.40 Å². The maximum atomic E-state index is 13.3. The smallest absolute Gasteiger partial charge is 0.173 e. The standard InChI is InChI=1S/C9H8FN3S/c1-5-7(8(11)14)13-4-2-3-6(10)9(13)12-5/h2-4H,1H3,(H2,11,14). The van der Waals surface area contributed by atoms with Crippen molar-refractivity contribution in [2.45, 2.75) is 6.92 Å². The van der Waals surface area contributed by atoms with Crippen LogP contribution in [-0.4, -0.2) is 14.4 Å². The van der Waals surface area contributed by atoms with Crippen LogP contribution in [0.2, 0.25) is 0 Å². The highest BCUT2D eigenvalue weighted by Gasteiger charge is 2.12. The molecule has 2 N–H and O–H groups in total. The number of imidazole rings is 1. The first-order chi connectivity index (χ1) is 6.61. The van der Waals surface area contributed by atoms with E-state index in [4.69, 9.17) is 18.0 Å². The van der Waals surface area contributed by atoms with Gasteiger partial charge in [0.05, 0.1) is 5.69 Å². The molecule has 0 atom stereocenters. The van der Waals surface area contributed by atoms with Gasteiger partial charge in [-0.1, -0.05) is 12.2 Å². The Kier molecular flexibility index (Phi) is 1.96. The van der Waals surface area contributed by atoms with Gasteiger partial charge in [-0.05, 0) is 19.1 Å². The predicted molar refractivity (Wildman–Crippen MR) is 55.8 cm³/mol. The summed E-state index contributed by atoms with van der Waals surface area (Å²) in [5.41, 5.74) is 7.01. The van der Waals surface area contributed by atoms with Crippen molar-refractivity contribution in [3.05, 3.63) is 35.5 Å². The van der Waals surface area contributed by atoms with Crippen LogP contribution in [0, 0.1) is 12.7 Å². The molecule has 3 nitrogen and oxygen atoms in total. The molecule has 0 aromatic carbocycles. The van der Waals surface area contributed by atoms with Crippen molar-refractivity contribution >= 4 is 22.9 Å². The summed E-state index contributed by atoms with van der Waals surface area (Å²) in [6.07, 6.45) is 1.69. The summed E-state index contributed by atoms with van der Waals surface area (Å²) >= 11 is 4.87. The predicted octanol–water partition coefficient (Wildman–Crippen LogP) is 1.42. The number of halogens is 1. The number of nitrogens with zero attached hydrogens (tertiary/aromatic N) is 2. The van der Waals surface area contributed by atoms with Crippen LogP contribution in [-0.2, 0) is 0 Å². The molecule has 14 heavy (non-hydrogen) atoms. The molecular weight excluding hydrogens is 201 g/mol. The van der Waals surface area contributed by atoms with Crippen molar-refractivity contribution in [1.82, 2.24) is 9.38 Å². The fraction of sp³-hybridized carbons (Fsp3) is 0.111. The van der Waals surface area contributed by atoms with Gasteiger partial charge in [-0.2, -0.15) is 0 Å². The van der Waals surface area contributed by atoms with Crippen LogP contribution in [0.25, 0.3) is 5.65 Å². The van der Waals surface area contributed by atoms with Gasteiger partial charge >= 0.3 is 0 Å². The van der Waals surface area contributed by atoms with Crippen molar-refractivity contribution in [2.75, 3.05) is 0 Å². The van der Waals surface area contributed by atoms with Crippen molar-refractivity contribution in [3.8, 4) is 0 Å². The first kappa shape index (κ1) is 9.08. The van der Waals surface area contributed by atoms with Crippen molar-refractivity contribution in [1.29, 1.82) is 0 Å². The SMILES string of the molecule is Cc1nc2c(F)cccn2c1C(N)=S. The van der Waals surface area contributed by atoms with Gasteiger partial charge in [-0.25, -0.2) is 9.37 Å². The summed E-state index contributed by atoms with van der Waals surface area (Å²) < 4.78 is 14.8. The molecule has 0 unspecified atom stereocenters. The van der Waals surface area contributed by atoms with Crippen LogP contribution >= 0.6 is 12.2 Å². The Hall–Kier alpha value is -1.49. The molecule has 2 heterocycles. The molecule has 0 aliphatic rings. The fourth-order valence-corrected chi connectivity index (χ4v) is 1.69. The summed E-state index contributed by atoms with van der Waals surface area (Å²) in [7, 11) is 0. The molecule has 0 saturated heterocycles. The minimum atomic E-state index is -0.377. The van der Waals surface area contributed by atoms with Gasteiger partial charge in [0.2, 0.25) is 0 Å². The molecule has 0 fully saturated rings. The highest BCUT2D eigenvalue weighted by Crippen LogP contribution is 2.14. The zero-order valence-electron chi connectivity index (χ0n) is 7.49. The van der Waals surface area contributed by atoms with Gasteiger partial charge in [0.25, 0.3) is 0 Å². The van der Waals surface area contributed by atoms with E-state index in [1.54, 1.807) is 23.6 Å². The van der Waals surface area contributed by atoms with E-state index < -0.39 is 0 Å². The molecular formula is C9H8FN3S. The second kappa shape index (κ2) is 3.02. The third kappa shape index (κ3) is 1.17. The molecule has 5 heteroatoms. The molecule has 2 rings (SSSR count). The van der Waals surface area contributed by atoms with Crippen LogP contribution in [0.5, 0.6) is 0 Å². The van der Waals surface area contributed by atoms with E-state index >= 15 is 0 Å². The Balaban J connectivity index is 2.90. The molecule has 0 radical (unpaired) electrons. The number of aromatic nitrogens is 2. The lowest BCUT2D eigenvalue weighted by atomic mass is 10.3. The Morgan fingerprint density at radius 1 is 1.64 bits per heavy atom. The van der Waals surface area contributed by atoms with Gasteiger partial charge in [0.15, 0.2) is 11.5 Å². The minimum Gasteiger partial charge on any atom is -0.388 e. The normalized spacial score (nSPS) is 10.7. The minimum absolute atomic E-state index is 0.223. The van der Waals surface area contributed by atoms with Crippen molar-refractivity contribution in [3.63, 3.8) is 0 Å². The summed E-state index contributed by atoms with van der Waals surface area (Å²) in [6, 6.07) is 2.94. The molecule has 2 aromatic heterocycles. The summed E-state index contributed by atoms with van der Waals surface area (Å²) in [5, 5.41) is 0. The molecule has 0 aliphatic heterocycles. The van der Waals surface area contributed by atoms with E-state index in [1.165, 1.54) is 6.07 Å². The van der Waals surface area contributed by atoms with Gasteiger partial charge < -0.3 is 5.73 Å². The average molecular weight is 209 g/mol. The number of fused-ring (bicyclic) bond motifs is 1. The number of thiocarbonyl (C=S) groups is 1. The third-order valence-electron chi connectivity index (χ3n) is 2.01. The maximum absolute atomic E-state index is 13.3. The Labute approximate surface area is 85.4 Å². The van der Waals surface area contributed by atoms with Crippen LogP contribution in [0.15, 0.2) is 18.3 Å². The molecule has 0 aliphatic carbocycles. The van der Waals surface area contributed by atoms with Crippen LogP contribution < -0.4 is 5.73 Å². The second-order valence-corrected chi connectivity index (χ2v) is 3.40. The number of hydrogen-bond acceptors (Lipinski definition) is 2. The molecule has 0 saturated carbocycles. The summed E-state index contributed by atoms with van der Waals surface area (Å²) in [4.78, 5) is 4.28. The highest BCUT2D eigenvalue weighted by atomic mass is 32.1. The monoisotopic (exact) mass is 209 g/mol. The van der Waals surface area contributed by atoms with Crippen LogP contribution in [0.4, 0.5) is 4.39 Å². The zero-order chi connectivity index (χ0) is 10.3. The van der Waals surface area contributed by atoms with E-state index in [-0.39, 0.29) is 16.5 Å². The quantitative estimate of drug-likeness (QED) is 0.722. The van der Waals surface area contributed by atoms with Gasteiger partial charge in [0, 0.05) is 6.20 Å². The number of aryl methyl sites for hydroxylation is 1.